The number of fused-ring (bicyclic) bond motifs is 1. The first kappa shape index (κ1) is 14.7. The van der Waals surface area contributed by atoms with Gasteiger partial charge in [0.1, 0.15) is 0 Å². The monoisotopic (exact) mass is 290 g/mol. The van der Waals surface area contributed by atoms with Crippen LogP contribution >= 0.6 is 0 Å². The summed E-state index contributed by atoms with van der Waals surface area (Å²) in [6.45, 7) is -0.343. The SMILES string of the molecule is NC(=O)COC(=O)CCCN1C(=O)c2ccccc2C1=O. The fourth-order valence-corrected chi connectivity index (χ4v) is 2.05. The molecular weight excluding hydrogens is 276 g/mol. The number of hydrogen-bond donors (Lipinski definition) is 1. The van der Waals surface area contributed by atoms with Gasteiger partial charge < -0.3 is 10.5 Å². The molecule has 0 aromatic heterocycles. The lowest BCUT2D eigenvalue weighted by molar-refractivity contribution is -0.147. The molecule has 2 rings (SSSR count). The number of benzene rings is 1. The molecule has 0 fully saturated rings. The van der Waals surface area contributed by atoms with Crippen LogP contribution in [0.4, 0.5) is 0 Å². The Bertz CT molecular complexity index is 576. The van der Waals surface area contributed by atoms with Crippen molar-refractivity contribution in [2.24, 2.45) is 5.73 Å². The summed E-state index contributed by atoms with van der Waals surface area (Å²) in [4.78, 5) is 46.9. The lowest BCUT2D eigenvalue weighted by atomic mass is 10.1. The number of nitrogens with two attached hydrogens (primary N) is 1. The maximum absolute atomic E-state index is 12.0. The highest BCUT2D eigenvalue weighted by atomic mass is 16.5. The molecule has 1 heterocycles. The minimum Gasteiger partial charge on any atom is -0.456 e. The number of carbonyl (C=O) groups is 4. The number of ether oxygens (including phenoxy) is 1. The standard InChI is InChI=1S/C14H14N2O5/c15-11(17)8-21-12(18)6-3-7-16-13(19)9-4-1-2-5-10(9)14(16)20/h1-2,4-5H,3,6-8H2,(H2,15,17). The summed E-state index contributed by atoms with van der Waals surface area (Å²) in [5, 5.41) is 0. The van der Waals surface area contributed by atoms with E-state index >= 15 is 0 Å². The van der Waals surface area contributed by atoms with Gasteiger partial charge in [-0.3, -0.25) is 24.1 Å². The van der Waals surface area contributed by atoms with Crippen LogP contribution < -0.4 is 5.73 Å². The number of hydrogen-bond acceptors (Lipinski definition) is 5. The predicted octanol–water partition coefficient (Wildman–Crippen LogP) is 0.0913. The Morgan fingerprint density at radius 3 is 2.19 bits per heavy atom. The molecule has 110 valence electrons. The Morgan fingerprint density at radius 1 is 1.10 bits per heavy atom. The second kappa shape index (κ2) is 6.17. The third-order valence-electron chi connectivity index (χ3n) is 3.02. The maximum Gasteiger partial charge on any atom is 0.306 e. The van der Waals surface area contributed by atoms with Crippen LogP contribution in [-0.2, 0) is 14.3 Å². The van der Waals surface area contributed by atoms with Gasteiger partial charge in [-0.1, -0.05) is 12.1 Å². The third-order valence-corrected chi connectivity index (χ3v) is 3.02. The van der Waals surface area contributed by atoms with Gasteiger partial charge in [0.15, 0.2) is 6.61 Å². The number of nitrogens with zero attached hydrogens (tertiary/aromatic N) is 1. The molecule has 1 aromatic carbocycles. The van der Waals surface area contributed by atoms with E-state index in [9.17, 15) is 19.2 Å². The van der Waals surface area contributed by atoms with Crippen molar-refractivity contribution in [3.8, 4) is 0 Å². The van der Waals surface area contributed by atoms with Crippen LogP contribution in [0.2, 0.25) is 0 Å². The Hall–Kier alpha value is -2.70. The highest BCUT2D eigenvalue weighted by Crippen LogP contribution is 2.22. The van der Waals surface area contributed by atoms with Gasteiger partial charge in [0, 0.05) is 13.0 Å². The van der Waals surface area contributed by atoms with Crippen LogP contribution in [0.15, 0.2) is 24.3 Å². The molecule has 0 aliphatic carbocycles. The molecular formula is C14H14N2O5. The Balaban J connectivity index is 1.85. The van der Waals surface area contributed by atoms with Crippen molar-refractivity contribution in [3.05, 3.63) is 35.4 Å². The van der Waals surface area contributed by atoms with Crippen LogP contribution in [0, 0.1) is 0 Å². The Morgan fingerprint density at radius 2 is 1.67 bits per heavy atom. The fraction of sp³-hybridized carbons (Fsp3) is 0.286. The molecule has 7 heteroatoms. The van der Waals surface area contributed by atoms with Crippen molar-refractivity contribution in [1.82, 2.24) is 4.90 Å². The molecule has 0 saturated heterocycles. The first-order valence-corrected chi connectivity index (χ1v) is 6.40. The summed E-state index contributed by atoms with van der Waals surface area (Å²) in [6, 6.07) is 6.57. The van der Waals surface area contributed by atoms with Gasteiger partial charge in [-0.05, 0) is 18.6 Å². The van der Waals surface area contributed by atoms with Crippen molar-refractivity contribution in [2.45, 2.75) is 12.8 Å². The average molecular weight is 290 g/mol. The number of esters is 1. The first-order valence-electron chi connectivity index (χ1n) is 6.40. The van der Waals surface area contributed by atoms with Crippen LogP contribution in [-0.4, -0.2) is 41.7 Å². The molecule has 1 aromatic rings. The van der Waals surface area contributed by atoms with Crippen LogP contribution in [0.1, 0.15) is 33.6 Å². The number of primary amides is 1. The zero-order chi connectivity index (χ0) is 15.4. The normalized spacial score (nSPS) is 13.2. The average Bonchev–Trinajstić information content (AvgIpc) is 2.70. The number of imide groups is 1. The van der Waals surface area contributed by atoms with Crippen molar-refractivity contribution < 1.29 is 23.9 Å². The molecule has 0 bridgehead atoms. The lowest BCUT2D eigenvalue weighted by Gasteiger charge is -2.13. The molecule has 0 atom stereocenters. The van der Waals surface area contributed by atoms with Crippen LogP contribution in [0.5, 0.6) is 0 Å². The van der Waals surface area contributed by atoms with Gasteiger partial charge in [0.25, 0.3) is 17.7 Å². The van der Waals surface area contributed by atoms with Gasteiger partial charge in [-0.25, -0.2) is 0 Å². The van der Waals surface area contributed by atoms with E-state index in [0.717, 1.165) is 4.90 Å². The zero-order valence-electron chi connectivity index (χ0n) is 11.2. The largest absolute Gasteiger partial charge is 0.456 e. The minimum absolute atomic E-state index is 0.000680. The topological polar surface area (TPSA) is 107 Å². The van der Waals surface area contributed by atoms with Crippen molar-refractivity contribution >= 4 is 23.7 Å². The molecule has 21 heavy (non-hydrogen) atoms. The number of carbonyl (C=O) groups excluding carboxylic acids is 4. The number of amides is 3. The Labute approximate surface area is 120 Å². The van der Waals surface area contributed by atoms with E-state index in [1.54, 1.807) is 24.3 Å². The van der Waals surface area contributed by atoms with Crippen molar-refractivity contribution in [3.63, 3.8) is 0 Å². The van der Waals surface area contributed by atoms with E-state index in [1.807, 2.05) is 0 Å². The molecule has 2 N–H and O–H groups in total. The maximum atomic E-state index is 12.0. The molecule has 0 radical (unpaired) electrons. The van der Waals surface area contributed by atoms with E-state index < -0.39 is 18.5 Å². The van der Waals surface area contributed by atoms with E-state index in [1.165, 1.54) is 0 Å². The minimum atomic E-state index is -0.733. The molecule has 1 aliphatic rings. The van der Waals surface area contributed by atoms with Gasteiger partial charge in [-0.2, -0.15) is 0 Å². The zero-order valence-corrected chi connectivity index (χ0v) is 11.2. The summed E-state index contributed by atoms with van der Waals surface area (Å²) in [7, 11) is 0. The predicted molar refractivity (Wildman–Crippen MR) is 71.2 cm³/mol. The molecule has 7 nitrogen and oxygen atoms in total. The van der Waals surface area contributed by atoms with Crippen molar-refractivity contribution in [2.75, 3.05) is 13.2 Å². The fourth-order valence-electron chi connectivity index (χ4n) is 2.05. The summed E-state index contributed by atoms with van der Waals surface area (Å²) in [5.74, 6) is -2.05. The van der Waals surface area contributed by atoms with Crippen LogP contribution in [0.25, 0.3) is 0 Å². The second-order valence-corrected chi connectivity index (χ2v) is 4.54. The molecule has 0 unspecified atom stereocenters. The highest BCUT2D eigenvalue weighted by Gasteiger charge is 2.34. The lowest BCUT2D eigenvalue weighted by Crippen LogP contribution is -2.31. The molecule has 0 spiro atoms. The van der Waals surface area contributed by atoms with Gasteiger partial charge in [0.2, 0.25) is 0 Å². The third kappa shape index (κ3) is 3.25. The molecule has 1 aliphatic heterocycles. The number of rotatable bonds is 6. The smallest absolute Gasteiger partial charge is 0.306 e. The van der Waals surface area contributed by atoms with Gasteiger partial charge in [0.05, 0.1) is 11.1 Å². The summed E-state index contributed by atoms with van der Waals surface area (Å²) in [6.07, 6.45) is 0.268. The van der Waals surface area contributed by atoms with Crippen LogP contribution in [0.3, 0.4) is 0 Å². The summed E-state index contributed by atoms with van der Waals surface area (Å²) < 4.78 is 4.58. The van der Waals surface area contributed by atoms with E-state index in [0.29, 0.717) is 11.1 Å². The second-order valence-electron chi connectivity index (χ2n) is 4.54. The summed E-state index contributed by atoms with van der Waals surface area (Å²) >= 11 is 0. The highest BCUT2D eigenvalue weighted by molar-refractivity contribution is 6.21. The first-order chi connectivity index (χ1) is 10.0. The van der Waals surface area contributed by atoms with Gasteiger partial charge in [-0.15, -0.1) is 0 Å². The van der Waals surface area contributed by atoms with Gasteiger partial charge >= 0.3 is 5.97 Å². The quantitative estimate of drug-likeness (QED) is 0.590. The summed E-state index contributed by atoms with van der Waals surface area (Å²) in [5.41, 5.74) is 5.59. The molecule has 0 saturated carbocycles. The van der Waals surface area contributed by atoms with E-state index in [-0.39, 0.29) is 31.2 Å². The Kier molecular flexibility index (Phi) is 4.32. The van der Waals surface area contributed by atoms with E-state index in [2.05, 4.69) is 4.74 Å². The van der Waals surface area contributed by atoms with E-state index in [4.69, 9.17) is 5.73 Å². The molecule has 3 amide bonds. The van der Waals surface area contributed by atoms with Crippen molar-refractivity contribution in [1.29, 1.82) is 0 Å².